The maximum atomic E-state index is 13.0. The minimum Gasteiger partial charge on any atom is -0.310 e. The van der Waals surface area contributed by atoms with Crippen LogP contribution in [0.25, 0.3) is 11.5 Å². The van der Waals surface area contributed by atoms with Crippen molar-refractivity contribution < 1.29 is 13.2 Å². The average Bonchev–Trinajstić information content (AvgIpc) is 3.35. The minimum absolute atomic E-state index is 0.180. The number of benzene rings is 1. The molecule has 3 heterocycles. The third-order valence-electron chi connectivity index (χ3n) is 4.96. The van der Waals surface area contributed by atoms with Crippen molar-refractivity contribution in [2.75, 3.05) is 29.1 Å². The number of sulfone groups is 1. The van der Waals surface area contributed by atoms with Crippen molar-refractivity contribution in [3.8, 4) is 11.5 Å². The Bertz CT molecular complexity index is 1190. The molecule has 30 heavy (non-hydrogen) atoms. The molecule has 2 amide bonds. The molecule has 1 saturated heterocycles. The lowest BCUT2D eigenvalue weighted by Gasteiger charge is -2.19. The lowest BCUT2D eigenvalue weighted by atomic mass is 10.3. The summed E-state index contributed by atoms with van der Waals surface area (Å²) in [5.41, 5.74) is 1.29. The SMILES string of the molecule is CC(C)n1cnnc1-c1cccc(N2CCN(c3ccc(S(C)(=O)=O)cc3)C2=O)n1. The van der Waals surface area contributed by atoms with Crippen LogP contribution in [0.1, 0.15) is 19.9 Å². The molecule has 10 heteroatoms. The summed E-state index contributed by atoms with van der Waals surface area (Å²) < 4.78 is 25.2. The minimum atomic E-state index is -3.28. The van der Waals surface area contributed by atoms with Crippen molar-refractivity contribution in [2.45, 2.75) is 24.8 Å². The molecule has 1 aliphatic rings. The largest absolute Gasteiger partial charge is 0.330 e. The summed E-state index contributed by atoms with van der Waals surface area (Å²) in [6.07, 6.45) is 2.82. The molecule has 0 saturated carbocycles. The van der Waals surface area contributed by atoms with E-state index in [1.807, 2.05) is 30.5 Å². The van der Waals surface area contributed by atoms with Gasteiger partial charge in [0.15, 0.2) is 15.7 Å². The maximum absolute atomic E-state index is 13.0. The Morgan fingerprint density at radius 3 is 2.37 bits per heavy atom. The van der Waals surface area contributed by atoms with Crippen LogP contribution in [0.2, 0.25) is 0 Å². The van der Waals surface area contributed by atoms with Gasteiger partial charge in [0.25, 0.3) is 0 Å². The number of carbonyl (C=O) groups is 1. The van der Waals surface area contributed by atoms with Gasteiger partial charge in [0, 0.05) is 31.1 Å². The van der Waals surface area contributed by atoms with E-state index in [1.165, 1.54) is 12.1 Å². The normalized spacial score (nSPS) is 14.7. The molecule has 3 aromatic rings. The molecule has 0 spiro atoms. The summed E-state index contributed by atoms with van der Waals surface area (Å²) in [5, 5.41) is 8.15. The molecule has 1 aromatic carbocycles. The summed E-state index contributed by atoms with van der Waals surface area (Å²) >= 11 is 0. The first-order chi connectivity index (χ1) is 14.3. The van der Waals surface area contributed by atoms with Crippen LogP contribution < -0.4 is 9.80 Å². The molecule has 9 nitrogen and oxygen atoms in total. The van der Waals surface area contributed by atoms with Crippen LogP contribution in [0.3, 0.4) is 0 Å². The summed E-state index contributed by atoms with van der Waals surface area (Å²) in [5.74, 6) is 1.18. The van der Waals surface area contributed by atoms with Crippen LogP contribution in [0.15, 0.2) is 53.7 Å². The number of amides is 2. The van der Waals surface area contributed by atoms with Crippen LogP contribution in [0, 0.1) is 0 Å². The highest BCUT2D eigenvalue weighted by molar-refractivity contribution is 7.90. The lowest BCUT2D eigenvalue weighted by Crippen LogP contribution is -2.32. The van der Waals surface area contributed by atoms with Crippen molar-refractivity contribution in [3.63, 3.8) is 0 Å². The van der Waals surface area contributed by atoms with Crippen LogP contribution in [-0.4, -0.2) is 53.5 Å². The number of urea groups is 1. The number of aromatic nitrogens is 4. The molecule has 0 aliphatic carbocycles. The standard InChI is InChI=1S/C20H22N6O3S/c1-14(2)26-13-21-23-19(26)17-5-4-6-18(22-17)25-12-11-24(20(25)27)15-7-9-16(10-8-15)30(3,28)29/h4-10,13-14H,11-12H2,1-3H3. The molecular weight excluding hydrogens is 404 g/mol. The first-order valence-electron chi connectivity index (χ1n) is 9.52. The van der Waals surface area contributed by atoms with E-state index in [0.717, 1.165) is 6.26 Å². The van der Waals surface area contributed by atoms with Gasteiger partial charge < -0.3 is 4.57 Å². The smallest absolute Gasteiger partial charge is 0.310 e. The van der Waals surface area contributed by atoms with Crippen LogP contribution >= 0.6 is 0 Å². The van der Waals surface area contributed by atoms with Crippen molar-refractivity contribution >= 4 is 27.4 Å². The van der Waals surface area contributed by atoms with Crippen molar-refractivity contribution in [2.24, 2.45) is 0 Å². The molecule has 0 N–H and O–H groups in total. The summed E-state index contributed by atoms with van der Waals surface area (Å²) in [4.78, 5) is 21.1. The highest BCUT2D eigenvalue weighted by atomic mass is 32.2. The highest BCUT2D eigenvalue weighted by Gasteiger charge is 2.32. The van der Waals surface area contributed by atoms with Gasteiger partial charge in [0.05, 0.1) is 4.90 Å². The van der Waals surface area contributed by atoms with E-state index in [0.29, 0.717) is 36.1 Å². The number of hydrogen-bond acceptors (Lipinski definition) is 6. The zero-order valence-electron chi connectivity index (χ0n) is 16.9. The van der Waals surface area contributed by atoms with Crippen LogP contribution in [0.4, 0.5) is 16.3 Å². The van der Waals surface area contributed by atoms with Crippen molar-refractivity contribution in [1.29, 1.82) is 0 Å². The van der Waals surface area contributed by atoms with Gasteiger partial charge in [-0.05, 0) is 50.2 Å². The van der Waals surface area contributed by atoms with Gasteiger partial charge >= 0.3 is 6.03 Å². The van der Waals surface area contributed by atoms with Crippen LogP contribution in [-0.2, 0) is 9.84 Å². The summed E-state index contributed by atoms with van der Waals surface area (Å²) in [6, 6.07) is 11.8. The summed E-state index contributed by atoms with van der Waals surface area (Å²) in [6.45, 7) is 5.02. The lowest BCUT2D eigenvalue weighted by molar-refractivity contribution is 0.255. The Balaban J connectivity index is 1.59. The second-order valence-electron chi connectivity index (χ2n) is 7.39. The molecule has 1 fully saturated rings. The Kier molecular flexibility index (Phi) is 5.02. The quantitative estimate of drug-likeness (QED) is 0.622. The van der Waals surface area contributed by atoms with Gasteiger partial charge in [-0.25, -0.2) is 18.2 Å². The van der Waals surface area contributed by atoms with E-state index >= 15 is 0 Å². The predicted octanol–water partition coefficient (Wildman–Crippen LogP) is 2.77. The second kappa shape index (κ2) is 7.52. The predicted molar refractivity (Wildman–Crippen MR) is 113 cm³/mol. The highest BCUT2D eigenvalue weighted by Crippen LogP contribution is 2.27. The third-order valence-corrected chi connectivity index (χ3v) is 6.08. The van der Waals surface area contributed by atoms with Gasteiger partial charge in [-0.15, -0.1) is 10.2 Å². The average molecular weight is 427 g/mol. The van der Waals surface area contributed by atoms with E-state index in [1.54, 1.807) is 34.3 Å². The zero-order valence-corrected chi connectivity index (χ0v) is 17.7. The summed E-state index contributed by atoms with van der Waals surface area (Å²) in [7, 11) is -3.28. The van der Waals surface area contributed by atoms with Gasteiger partial charge in [0.1, 0.15) is 17.8 Å². The number of hydrogen-bond donors (Lipinski definition) is 0. The fourth-order valence-corrected chi connectivity index (χ4v) is 3.99. The fourth-order valence-electron chi connectivity index (χ4n) is 3.36. The van der Waals surface area contributed by atoms with E-state index in [9.17, 15) is 13.2 Å². The molecular formula is C20H22N6O3S. The van der Waals surface area contributed by atoms with Crippen molar-refractivity contribution in [1.82, 2.24) is 19.7 Å². The number of carbonyl (C=O) groups excluding carboxylic acids is 1. The number of anilines is 2. The van der Waals surface area contributed by atoms with E-state index in [4.69, 9.17) is 0 Å². The zero-order chi connectivity index (χ0) is 21.5. The fraction of sp³-hybridized carbons (Fsp3) is 0.300. The molecule has 0 atom stereocenters. The molecule has 2 aromatic heterocycles. The third kappa shape index (κ3) is 3.65. The Morgan fingerprint density at radius 2 is 1.70 bits per heavy atom. The van der Waals surface area contributed by atoms with Gasteiger partial charge in [-0.1, -0.05) is 6.07 Å². The molecule has 0 unspecified atom stereocenters. The Labute approximate surface area is 174 Å². The van der Waals surface area contributed by atoms with Gasteiger partial charge in [-0.2, -0.15) is 0 Å². The van der Waals surface area contributed by atoms with Crippen molar-refractivity contribution in [3.05, 3.63) is 48.8 Å². The topological polar surface area (TPSA) is 101 Å². The van der Waals surface area contributed by atoms with E-state index in [2.05, 4.69) is 15.2 Å². The van der Waals surface area contributed by atoms with Gasteiger partial charge in [-0.3, -0.25) is 9.80 Å². The number of pyridine rings is 1. The molecule has 4 rings (SSSR count). The first-order valence-corrected chi connectivity index (χ1v) is 11.4. The van der Waals surface area contributed by atoms with E-state index < -0.39 is 9.84 Å². The number of nitrogens with zero attached hydrogens (tertiary/aromatic N) is 6. The molecule has 1 aliphatic heterocycles. The first kappa shape index (κ1) is 20.0. The monoisotopic (exact) mass is 426 g/mol. The molecule has 156 valence electrons. The second-order valence-corrected chi connectivity index (χ2v) is 9.40. The molecule has 0 radical (unpaired) electrons. The molecule has 0 bridgehead atoms. The van der Waals surface area contributed by atoms with Crippen LogP contribution in [0.5, 0.6) is 0 Å². The van der Waals surface area contributed by atoms with Gasteiger partial charge in [0.2, 0.25) is 0 Å². The van der Waals surface area contributed by atoms with E-state index in [-0.39, 0.29) is 17.0 Å². The Hall–Kier alpha value is -3.27. The Morgan fingerprint density at radius 1 is 1.00 bits per heavy atom. The maximum Gasteiger partial charge on any atom is 0.330 e. The number of rotatable bonds is 5.